The number of halogens is 3. The van der Waals surface area contributed by atoms with E-state index in [0.29, 0.717) is 16.1 Å². The van der Waals surface area contributed by atoms with Crippen LogP contribution in [-0.4, -0.2) is 27.1 Å². The van der Waals surface area contributed by atoms with Crippen molar-refractivity contribution in [3.8, 4) is 0 Å². The van der Waals surface area contributed by atoms with E-state index in [2.05, 4.69) is 10.5 Å². The lowest BCUT2D eigenvalue weighted by Crippen LogP contribution is -2.39. The van der Waals surface area contributed by atoms with E-state index >= 15 is 0 Å². The summed E-state index contributed by atoms with van der Waals surface area (Å²) in [7, 11) is -4.34. The Hall–Kier alpha value is -3.60. The van der Waals surface area contributed by atoms with E-state index in [1.807, 2.05) is 0 Å². The molecule has 31 heavy (non-hydrogen) atoms. The first-order chi connectivity index (χ1) is 14.7. The SMILES string of the molecule is O=C(CN(c1cccc(C(F)(F)F)c1)S(=O)(=O)c1ccccc1)N/N=C\c1ccco1. The number of furan rings is 1. The van der Waals surface area contributed by atoms with E-state index in [4.69, 9.17) is 4.42 Å². The first-order valence-electron chi connectivity index (χ1n) is 8.78. The molecule has 0 aliphatic rings. The maximum atomic E-state index is 13.1. The molecule has 1 aromatic heterocycles. The summed E-state index contributed by atoms with van der Waals surface area (Å²) in [4.78, 5) is 12.2. The summed E-state index contributed by atoms with van der Waals surface area (Å²) in [5.41, 5.74) is 0.769. The van der Waals surface area contributed by atoms with Crippen molar-refractivity contribution in [1.82, 2.24) is 5.43 Å². The second kappa shape index (κ2) is 9.04. The zero-order valence-electron chi connectivity index (χ0n) is 15.8. The Kier molecular flexibility index (Phi) is 6.44. The highest BCUT2D eigenvalue weighted by atomic mass is 32.2. The van der Waals surface area contributed by atoms with Crippen LogP contribution in [0.25, 0.3) is 0 Å². The molecule has 3 rings (SSSR count). The van der Waals surface area contributed by atoms with Crippen molar-refractivity contribution in [2.24, 2.45) is 5.10 Å². The third-order valence-corrected chi connectivity index (χ3v) is 5.79. The summed E-state index contributed by atoms with van der Waals surface area (Å²) in [5, 5.41) is 3.65. The summed E-state index contributed by atoms with van der Waals surface area (Å²) in [6.07, 6.45) is -2.10. The molecule has 0 saturated heterocycles. The van der Waals surface area contributed by atoms with Crippen molar-refractivity contribution < 1.29 is 30.8 Å². The van der Waals surface area contributed by atoms with Gasteiger partial charge in [-0.15, -0.1) is 0 Å². The fourth-order valence-corrected chi connectivity index (χ4v) is 4.00. The smallest absolute Gasteiger partial charge is 0.416 e. The summed E-state index contributed by atoms with van der Waals surface area (Å²) < 4.78 is 71.2. The van der Waals surface area contributed by atoms with Crippen LogP contribution in [0.3, 0.4) is 0 Å². The number of nitrogens with one attached hydrogen (secondary N) is 1. The maximum Gasteiger partial charge on any atom is 0.416 e. The summed E-state index contributed by atoms with van der Waals surface area (Å²) >= 11 is 0. The number of nitrogens with zero attached hydrogens (tertiary/aromatic N) is 2. The molecule has 1 N–H and O–H groups in total. The Morgan fingerprint density at radius 3 is 2.45 bits per heavy atom. The van der Waals surface area contributed by atoms with Gasteiger partial charge in [0.2, 0.25) is 0 Å². The molecule has 0 saturated carbocycles. The average molecular weight is 451 g/mol. The first kappa shape index (κ1) is 22.1. The number of benzene rings is 2. The lowest BCUT2D eigenvalue weighted by atomic mass is 10.2. The van der Waals surface area contributed by atoms with Crippen LogP contribution >= 0.6 is 0 Å². The second-order valence-corrected chi connectivity index (χ2v) is 8.04. The molecule has 0 radical (unpaired) electrons. The molecule has 0 bridgehead atoms. The van der Waals surface area contributed by atoms with Crippen molar-refractivity contribution in [3.05, 3.63) is 84.3 Å². The van der Waals surface area contributed by atoms with Gasteiger partial charge in [0.05, 0.1) is 28.6 Å². The number of carbonyl (C=O) groups excluding carboxylic acids is 1. The van der Waals surface area contributed by atoms with Crippen molar-refractivity contribution in [2.45, 2.75) is 11.1 Å². The highest BCUT2D eigenvalue weighted by molar-refractivity contribution is 7.92. The van der Waals surface area contributed by atoms with Gasteiger partial charge in [0, 0.05) is 0 Å². The standard InChI is InChI=1S/C20H16F3N3O4S/c21-20(22,23)15-6-4-7-16(12-15)26(31(28,29)18-9-2-1-3-10-18)14-19(27)25-24-13-17-8-5-11-30-17/h1-13H,14H2,(H,25,27)/b24-13-. The third-order valence-electron chi connectivity index (χ3n) is 4.00. The molecular formula is C20H16F3N3O4S. The number of carbonyl (C=O) groups is 1. The monoisotopic (exact) mass is 451 g/mol. The largest absolute Gasteiger partial charge is 0.463 e. The van der Waals surface area contributed by atoms with Crippen LogP contribution < -0.4 is 9.73 Å². The van der Waals surface area contributed by atoms with Gasteiger partial charge in [-0.25, -0.2) is 13.8 Å². The molecular weight excluding hydrogens is 435 g/mol. The molecule has 0 aliphatic carbocycles. The lowest BCUT2D eigenvalue weighted by molar-refractivity contribution is -0.137. The number of hydrazone groups is 1. The van der Waals surface area contributed by atoms with E-state index in [0.717, 1.165) is 12.1 Å². The van der Waals surface area contributed by atoms with Crippen molar-refractivity contribution >= 4 is 27.8 Å². The lowest BCUT2D eigenvalue weighted by Gasteiger charge is -2.24. The highest BCUT2D eigenvalue weighted by Gasteiger charge is 2.33. The van der Waals surface area contributed by atoms with Crippen molar-refractivity contribution in [2.75, 3.05) is 10.8 Å². The highest BCUT2D eigenvalue weighted by Crippen LogP contribution is 2.33. The Morgan fingerprint density at radius 2 is 1.81 bits per heavy atom. The number of rotatable bonds is 7. The molecule has 162 valence electrons. The Morgan fingerprint density at radius 1 is 1.06 bits per heavy atom. The van der Waals surface area contributed by atoms with Gasteiger partial charge >= 0.3 is 6.18 Å². The number of hydrogen-bond donors (Lipinski definition) is 1. The Bertz CT molecular complexity index is 1160. The molecule has 3 aromatic rings. The van der Waals surface area contributed by atoms with Gasteiger partial charge in [-0.3, -0.25) is 9.10 Å². The summed E-state index contributed by atoms with van der Waals surface area (Å²) in [5.74, 6) is -0.522. The molecule has 1 amide bonds. The van der Waals surface area contributed by atoms with Gasteiger partial charge in [-0.1, -0.05) is 24.3 Å². The van der Waals surface area contributed by atoms with Gasteiger partial charge in [0.1, 0.15) is 12.3 Å². The predicted octanol–water partition coefficient (Wildman–Crippen LogP) is 3.64. The van der Waals surface area contributed by atoms with E-state index in [-0.39, 0.29) is 10.6 Å². The zero-order chi connectivity index (χ0) is 22.5. The topological polar surface area (TPSA) is 92.0 Å². The first-order valence-corrected chi connectivity index (χ1v) is 10.2. The Labute approximate surface area is 175 Å². The molecule has 2 aromatic carbocycles. The molecule has 0 spiro atoms. The number of sulfonamides is 1. The third kappa shape index (κ3) is 5.51. The van der Waals surface area contributed by atoms with Crippen molar-refractivity contribution in [3.63, 3.8) is 0 Å². The summed E-state index contributed by atoms with van der Waals surface area (Å²) in [6.45, 7) is -0.798. The fraction of sp³-hybridized carbons (Fsp3) is 0.100. The quantitative estimate of drug-likeness (QED) is 0.439. The minimum absolute atomic E-state index is 0.181. The molecule has 0 fully saturated rings. The number of alkyl halides is 3. The van der Waals surface area contributed by atoms with E-state index in [9.17, 15) is 26.4 Å². The molecule has 0 aliphatic heterocycles. The number of anilines is 1. The van der Waals surface area contributed by atoms with Gasteiger partial charge in [-0.05, 0) is 42.5 Å². The van der Waals surface area contributed by atoms with E-state index < -0.39 is 34.2 Å². The molecule has 1 heterocycles. The van der Waals surface area contributed by atoms with Gasteiger partial charge < -0.3 is 4.42 Å². The minimum Gasteiger partial charge on any atom is -0.463 e. The molecule has 0 unspecified atom stereocenters. The van der Waals surface area contributed by atoms with E-state index in [1.165, 1.54) is 42.8 Å². The van der Waals surface area contributed by atoms with Gasteiger partial charge in [-0.2, -0.15) is 18.3 Å². The molecule has 11 heteroatoms. The van der Waals surface area contributed by atoms with Crippen LogP contribution in [0, 0.1) is 0 Å². The van der Waals surface area contributed by atoms with Gasteiger partial charge in [0.15, 0.2) is 0 Å². The van der Waals surface area contributed by atoms with Crippen LogP contribution in [0.5, 0.6) is 0 Å². The predicted molar refractivity (Wildman–Crippen MR) is 107 cm³/mol. The van der Waals surface area contributed by atoms with Crippen LogP contribution in [0.1, 0.15) is 11.3 Å². The fourth-order valence-electron chi connectivity index (χ4n) is 2.57. The average Bonchev–Trinajstić information content (AvgIpc) is 3.25. The van der Waals surface area contributed by atoms with Crippen LogP contribution in [0.15, 0.2) is 87.4 Å². The van der Waals surface area contributed by atoms with Crippen LogP contribution in [0.2, 0.25) is 0 Å². The van der Waals surface area contributed by atoms with Crippen molar-refractivity contribution in [1.29, 1.82) is 0 Å². The molecule has 7 nitrogen and oxygen atoms in total. The van der Waals surface area contributed by atoms with Gasteiger partial charge in [0.25, 0.3) is 15.9 Å². The summed E-state index contributed by atoms with van der Waals surface area (Å²) in [6, 6.07) is 14.0. The van der Waals surface area contributed by atoms with Crippen LogP contribution in [-0.2, 0) is 21.0 Å². The normalized spacial score (nSPS) is 12.1. The van der Waals surface area contributed by atoms with E-state index in [1.54, 1.807) is 18.2 Å². The minimum atomic E-state index is -4.69. The number of hydrogen-bond acceptors (Lipinski definition) is 5. The Balaban J connectivity index is 1.92. The molecule has 0 atom stereocenters. The maximum absolute atomic E-state index is 13.1. The van der Waals surface area contributed by atoms with Crippen LogP contribution in [0.4, 0.5) is 18.9 Å². The number of amides is 1. The second-order valence-electron chi connectivity index (χ2n) is 6.18. The zero-order valence-corrected chi connectivity index (χ0v) is 16.6.